The van der Waals surface area contributed by atoms with Gasteiger partial charge in [-0.25, -0.2) is 4.98 Å². The van der Waals surface area contributed by atoms with Crippen LogP contribution in [0, 0.1) is 5.92 Å². The quantitative estimate of drug-likeness (QED) is 0.920. The van der Waals surface area contributed by atoms with E-state index in [1.807, 2.05) is 24.7 Å². The summed E-state index contributed by atoms with van der Waals surface area (Å²) in [5.41, 5.74) is 1.00. The molecule has 0 aliphatic carbocycles. The molecule has 0 saturated carbocycles. The summed E-state index contributed by atoms with van der Waals surface area (Å²) in [6.45, 7) is 7.85. The van der Waals surface area contributed by atoms with Crippen LogP contribution in [0.4, 0.5) is 0 Å². The molecule has 0 unspecified atom stereocenters. The Balaban J connectivity index is 1.80. The van der Waals surface area contributed by atoms with Gasteiger partial charge in [0.05, 0.1) is 17.5 Å². The number of allylic oxidation sites excluding steroid dienone is 1. The molecule has 0 bridgehead atoms. The summed E-state index contributed by atoms with van der Waals surface area (Å²) in [5.74, 6) is 1.10. The Morgan fingerprint density at radius 2 is 2.23 bits per heavy atom. The second kappa shape index (κ2) is 5.79. The summed E-state index contributed by atoms with van der Waals surface area (Å²) < 4.78 is 1.95. The van der Waals surface area contributed by atoms with Gasteiger partial charge in [0.25, 0.3) is 5.91 Å². The molecule has 3 heterocycles. The number of imidazole rings is 1. The van der Waals surface area contributed by atoms with Crippen molar-refractivity contribution in [2.75, 3.05) is 13.1 Å². The maximum Gasteiger partial charge on any atom is 0.260 e. The van der Waals surface area contributed by atoms with Crippen molar-refractivity contribution in [1.82, 2.24) is 19.8 Å². The number of hydrogen-bond acceptors (Lipinski definition) is 5. The average Bonchev–Trinajstić information content (AvgIpc) is 3.14. The number of nitrogens with zero attached hydrogens (tertiary/aromatic N) is 4. The lowest BCUT2D eigenvalue weighted by molar-refractivity contribution is -0.118. The number of amides is 1. The standard InChI is InChI=1S/C15H21N5OS/c1-9(2)11(13-16-5-7-19(13)4)18-14(21)12-10(3)20-8-6-17-15(20)22-12/h5,7,9,11H,6,8H2,1-4H3,(H,18,21)/t11-/m1/s1. The molecule has 0 fully saturated rings. The molecule has 3 rings (SSSR count). The molecule has 1 aromatic heterocycles. The second-order valence-electron chi connectivity index (χ2n) is 5.92. The summed E-state index contributed by atoms with van der Waals surface area (Å²) in [7, 11) is 1.95. The lowest BCUT2D eigenvalue weighted by atomic mass is 10.0. The van der Waals surface area contributed by atoms with Crippen LogP contribution in [-0.2, 0) is 11.8 Å². The molecule has 6 nitrogen and oxygen atoms in total. The summed E-state index contributed by atoms with van der Waals surface area (Å²) >= 11 is 1.47. The summed E-state index contributed by atoms with van der Waals surface area (Å²) in [6, 6.07) is -0.106. The smallest absolute Gasteiger partial charge is 0.260 e. The van der Waals surface area contributed by atoms with Crippen molar-refractivity contribution in [2.24, 2.45) is 18.0 Å². The van der Waals surface area contributed by atoms with Gasteiger partial charge in [0.2, 0.25) is 0 Å². The topological polar surface area (TPSA) is 62.5 Å². The summed E-state index contributed by atoms with van der Waals surface area (Å²) in [5, 5.41) is 4.08. The summed E-state index contributed by atoms with van der Waals surface area (Å²) in [6.07, 6.45) is 3.66. The number of aromatic nitrogens is 2. The molecule has 0 spiro atoms. The number of hydrogen-bond donors (Lipinski definition) is 1. The predicted octanol–water partition coefficient (Wildman–Crippen LogP) is 1.88. The molecule has 2 aliphatic heterocycles. The fourth-order valence-electron chi connectivity index (χ4n) is 2.74. The van der Waals surface area contributed by atoms with E-state index in [0.717, 1.165) is 34.7 Å². The van der Waals surface area contributed by atoms with Crippen molar-refractivity contribution >= 4 is 22.8 Å². The monoisotopic (exact) mass is 319 g/mol. The van der Waals surface area contributed by atoms with Crippen molar-refractivity contribution in [2.45, 2.75) is 26.8 Å². The van der Waals surface area contributed by atoms with E-state index in [2.05, 4.69) is 34.0 Å². The highest BCUT2D eigenvalue weighted by Gasteiger charge is 2.34. The van der Waals surface area contributed by atoms with Crippen molar-refractivity contribution < 1.29 is 4.79 Å². The Labute approximate surface area is 134 Å². The van der Waals surface area contributed by atoms with E-state index < -0.39 is 0 Å². The first-order valence-electron chi connectivity index (χ1n) is 7.48. The third-order valence-corrected chi connectivity index (χ3v) is 5.24. The third kappa shape index (κ3) is 2.54. The molecule has 1 atom stereocenters. The van der Waals surface area contributed by atoms with E-state index in [9.17, 15) is 4.79 Å². The predicted molar refractivity (Wildman–Crippen MR) is 88.2 cm³/mol. The minimum atomic E-state index is -0.106. The fourth-order valence-corrected chi connectivity index (χ4v) is 3.82. The molecule has 0 radical (unpaired) electrons. The first kappa shape index (κ1) is 15.1. The normalized spacial score (nSPS) is 18.8. The van der Waals surface area contributed by atoms with Gasteiger partial charge in [0, 0.05) is 31.7 Å². The van der Waals surface area contributed by atoms with Crippen molar-refractivity contribution in [3.63, 3.8) is 0 Å². The second-order valence-corrected chi connectivity index (χ2v) is 6.90. The Morgan fingerprint density at radius 1 is 1.45 bits per heavy atom. The van der Waals surface area contributed by atoms with Crippen LogP contribution in [0.3, 0.4) is 0 Å². The molecule has 2 aliphatic rings. The zero-order valence-electron chi connectivity index (χ0n) is 13.3. The largest absolute Gasteiger partial charge is 0.341 e. The molecule has 1 aromatic rings. The lowest BCUT2D eigenvalue weighted by Crippen LogP contribution is -2.34. The van der Waals surface area contributed by atoms with Crippen LogP contribution >= 0.6 is 11.8 Å². The molecule has 118 valence electrons. The molecule has 22 heavy (non-hydrogen) atoms. The van der Waals surface area contributed by atoms with Crippen LogP contribution in [-0.4, -0.2) is 38.6 Å². The van der Waals surface area contributed by atoms with E-state index in [1.165, 1.54) is 11.8 Å². The lowest BCUT2D eigenvalue weighted by Gasteiger charge is -2.22. The van der Waals surface area contributed by atoms with Gasteiger partial charge < -0.3 is 14.8 Å². The first-order valence-corrected chi connectivity index (χ1v) is 8.29. The Kier molecular flexibility index (Phi) is 3.99. The van der Waals surface area contributed by atoms with Crippen LogP contribution < -0.4 is 5.32 Å². The number of carbonyl (C=O) groups excluding carboxylic acids is 1. The number of carbonyl (C=O) groups is 1. The number of nitrogens with one attached hydrogen (secondary N) is 1. The van der Waals surface area contributed by atoms with Crippen LogP contribution in [0.15, 0.2) is 28.0 Å². The average molecular weight is 319 g/mol. The fraction of sp³-hybridized carbons (Fsp3) is 0.533. The van der Waals surface area contributed by atoms with Crippen molar-refractivity contribution in [3.8, 4) is 0 Å². The highest BCUT2D eigenvalue weighted by molar-refractivity contribution is 8.18. The number of rotatable bonds is 4. The van der Waals surface area contributed by atoms with E-state index in [4.69, 9.17) is 0 Å². The Morgan fingerprint density at radius 3 is 2.82 bits per heavy atom. The number of fused-ring (bicyclic) bond motifs is 1. The highest BCUT2D eigenvalue weighted by atomic mass is 32.2. The van der Waals surface area contributed by atoms with E-state index in [0.29, 0.717) is 0 Å². The van der Waals surface area contributed by atoms with Gasteiger partial charge in [-0.05, 0) is 24.6 Å². The maximum atomic E-state index is 12.7. The zero-order chi connectivity index (χ0) is 15.9. The van der Waals surface area contributed by atoms with Crippen LogP contribution in [0.2, 0.25) is 0 Å². The van der Waals surface area contributed by atoms with Crippen LogP contribution in [0.25, 0.3) is 0 Å². The van der Waals surface area contributed by atoms with E-state index in [1.54, 1.807) is 6.20 Å². The minimum absolute atomic E-state index is 0.0405. The van der Waals surface area contributed by atoms with Gasteiger partial charge in [-0.2, -0.15) is 0 Å². The van der Waals surface area contributed by atoms with E-state index in [-0.39, 0.29) is 17.9 Å². The molecule has 7 heteroatoms. The molecule has 0 aromatic carbocycles. The number of amidine groups is 1. The van der Waals surface area contributed by atoms with Gasteiger partial charge in [-0.15, -0.1) is 0 Å². The van der Waals surface area contributed by atoms with Crippen molar-refractivity contribution in [1.29, 1.82) is 0 Å². The number of thioether (sulfide) groups is 1. The van der Waals surface area contributed by atoms with Gasteiger partial charge in [0.1, 0.15) is 5.82 Å². The van der Waals surface area contributed by atoms with Crippen LogP contribution in [0.1, 0.15) is 32.6 Å². The van der Waals surface area contributed by atoms with Crippen molar-refractivity contribution in [3.05, 3.63) is 28.8 Å². The van der Waals surface area contributed by atoms with Gasteiger partial charge in [0.15, 0.2) is 5.17 Å². The molecular formula is C15H21N5OS. The molecular weight excluding hydrogens is 298 g/mol. The highest BCUT2D eigenvalue weighted by Crippen LogP contribution is 2.36. The first-order chi connectivity index (χ1) is 10.5. The van der Waals surface area contributed by atoms with E-state index >= 15 is 0 Å². The Hall–Kier alpha value is -1.76. The van der Waals surface area contributed by atoms with Gasteiger partial charge >= 0.3 is 0 Å². The minimum Gasteiger partial charge on any atom is -0.341 e. The maximum absolute atomic E-state index is 12.7. The zero-order valence-corrected chi connectivity index (χ0v) is 14.1. The van der Waals surface area contributed by atoms with Crippen LogP contribution in [0.5, 0.6) is 0 Å². The molecule has 1 N–H and O–H groups in total. The van der Waals surface area contributed by atoms with Gasteiger partial charge in [-0.1, -0.05) is 13.8 Å². The third-order valence-electron chi connectivity index (χ3n) is 4.02. The summed E-state index contributed by atoms with van der Waals surface area (Å²) in [4.78, 5) is 24.4. The van der Waals surface area contributed by atoms with Gasteiger partial charge in [-0.3, -0.25) is 9.79 Å². The number of aryl methyl sites for hydroxylation is 1. The number of aliphatic imine (C=N–C) groups is 1. The Bertz CT molecular complexity index is 661. The SMILES string of the molecule is CC1=C(C(=O)N[C@@H](c2nccn2C)C(C)C)SC2=NCCN21. The molecule has 0 saturated heterocycles. The molecule has 1 amide bonds.